The zero-order valence-electron chi connectivity index (χ0n) is 23.1. The third-order valence-electron chi connectivity index (χ3n) is 6.41. The molecular weight excluding hydrogens is 484 g/mol. The molecule has 1 aromatic rings. The number of benzene rings is 1. The van der Waals surface area contributed by atoms with Crippen LogP contribution in [0.2, 0.25) is 0 Å². The topological polar surface area (TPSA) is 90.5 Å². The number of rotatable bonds is 7. The van der Waals surface area contributed by atoms with E-state index in [1.807, 2.05) is 25.1 Å². The Hall–Kier alpha value is -3.88. The first kappa shape index (κ1) is 28.7. The molecule has 4 amide bonds. The van der Waals surface area contributed by atoms with Gasteiger partial charge in [-0.25, -0.2) is 4.79 Å². The van der Waals surface area contributed by atoms with Crippen LogP contribution in [-0.2, 0) is 14.3 Å². The van der Waals surface area contributed by atoms with Crippen LogP contribution in [0.25, 0.3) is 6.08 Å². The second-order valence-corrected chi connectivity index (χ2v) is 10.3. The minimum absolute atomic E-state index is 0.00117. The lowest BCUT2D eigenvalue weighted by Crippen LogP contribution is -2.53. The Morgan fingerprint density at radius 1 is 1.11 bits per heavy atom. The van der Waals surface area contributed by atoms with Gasteiger partial charge in [0.25, 0.3) is 5.91 Å². The number of hydrogen-bond donors (Lipinski definition) is 0. The first-order chi connectivity index (χ1) is 17.9. The van der Waals surface area contributed by atoms with Crippen LogP contribution in [0.15, 0.2) is 54.4 Å². The molecule has 0 unspecified atom stereocenters. The van der Waals surface area contributed by atoms with Crippen molar-refractivity contribution < 1.29 is 23.9 Å². The summed E-state index contributed by atoms with van der Waals surface area (Å²) in [7, 11) is 4.89. The summed E-state index contributed by atoms with van der Waals surface area (Å²) < 4.78 is 5.39. The van der Waals surface area contributed by atoms with E-state index in [9.17, 15) is 19.2 Å². The van der Waals surface area contributed by atoms with E-state index < -0.39 is 6.09 Å². The van der Waals surface area contributed by atoms with Crippen molar-refractivity contribution in [2.75, 3.05) is 34.2 Å². The average Bonchev–Trinajstić information content (AvgIpc) is 3.70. The molecule has 2 fully saturated rings. The fourth-order valence-electron chi connectivity index (χ4n) is 4.08. The normalized spacial score (nSPS) is 18.8. The highest BCUT2D eigenvalue weighted by molar-refractivity contribution is 5.96. The number of likely N-dealkylation sites (N-methyl/N-ethyl adjacent to an activating group) is 2. The number of piperazine rings is 1. The summed E-state index contributed by atoms with van der Waals surface area (Å²) in [6, 6.07) is 6.80. The number of hydrogen-bond acceptors (Lipinski definition) is 5. The Bertz CT molecular complexity index is 1150. The lowest BCUT2D eigenvalue weighted by Gasteiger charge is -2.42. The Kier molecular flexibility index (Phi) is 9.14. The van der Waals surface area contributed by atoms with Crippen LogP contribution in [0, 0.1) is 5.92 Å². The van der Waals surface area contributed by atoms with Gasteiger partial charge in [0.05, 0.1) is 30.1 Å². The predicted octanol–water partition coefficient (Wildman–Crippen LogP) is 3.75. The molecule has 1 heterocycles. The van der Waals surface area contributed by atoms with Crippen LogP contribution in [-0.4, -0.2) is 89.8 Å². The van der Waals surface area contributed by atoms with Gasteiger partial charge in [0.1, 0.15) is 0 Å². The quantitative estimate of drug-likeness (QED) is 0.544. The van der Waals surface area contributed by atoms with Crippen LogP contribution in [0.1, 0.15) is 49.5 Å². The molecule has 0 radical (unpaired) electrons. The number of carbonyl (C=O) groups excluding carboxylic acids is 4. The molecule has 1 saturated carbocycles. The molecule has 0 spiro atoms. The predicted molar refractivity (Wildman–Crippen MR) is 146 cm³/mol. The third kappa shape index (κ3) is 6.90. The monoisotopic (exact) mass is 522 g/mol. The largest absolute Gasteiger partial charge is 0.446 e. The maximum atomic E-state index is 13.1. The summed E-state index contributed by atoms with van der Waals surface area (Å²) in [5.74, 6) is -0.330. The number of allylic oxidation sites excluding steroid dienone is 2. The van der Waals surface area contributed by atoms with Crippen molar-refractivity contribution >= 4 is 29.9 Å². The van der Waals surface area contributed by atoms with Crippen LogP contribution < -0.4 is 0 Å². The first-order valence-electron chi connectivity index (χ1n) is 12.8. The van der Waals surface area contributed by atoms with E-state index in [0.29, 0.717) is 23.5 Å². The Balaban J connectivity index is 1.78. The van der Waals surface area contributed by atoms with E-state index in [2.05, 4.69) is 6.58 Å². The SMILES string of the molecule is C=C1/C(=C\C=C\c2ccc(C(=O)N(C)CC(=O)N(C)C)cc2)N(C(=O)C2CC2)[C@@H](C)CN1C(=O)OC(C)C. The molecule has 1 aliphatic carbocycles. The fourth-order valence-corrected chi connectivity index (χ4v) is 4.08. The van der Waals surface area contributed by atoms with E-state index in [4.69, 9.17) is 4.74 Å². The van der Waals surface area contributed by atoms with Crippen molar-refractivity contribution in [3.05, 3.63) is 65.5 Å². The number of nitrogens with zero attached hydrogens (tertiary/aromatic N) is 4. The Labute approximate surface area is 225 Å². The Morgan fingerprint density at radius 2 is 1.74 bits per heavy atom. The summed E-state index contributed by atoms with van der Waals surface area (Å²) in [6.45, 7) is 9.92. The van der Waals surface area contributed by atoms with E-state index in [0.717, 1.165) is 18.4 Å². The van der Waals surface area contributed by atoms with Gasteiger partial charge in [-0.15, -0.1) is 0 Å². The number of ether oxygens (including phenoxy) is 1. The van der Waals surface area contributed by atoms with Crippen molar-refractivity contribution in [2.45, 2.75) is 45.8 Å². The zero-order chi connectivity index (χ0) is 28.1. The second kappa shape index (κ2) is 12.1. The number of carbonyl (C=O) groups is 4. The lowest BCUT2D eigenvalue weighted by atomic mass is 10.1. The van der Waals surface area contributed by atoms with E-state index in [1.54, 1.807) is 64.2 Å². The summed E-state index contributed by atoms with van der Waals surface area (Å²) in [5.41, 5.74) is 2.31. The summed E-state index contributed by atoms with van der Waals surface area (Å²) in [5, 5.41) is 0. The molecule has 0 N–H and O–H groups in total. The van der Waals surface area contributed by atoms with E-state index >= 15 is 0 Å². The van der Waals surface area contributed by atoms with Crippen LogP contribution in [0.4, 0.5) is 4.79 Å². The zero-order valence-corrected chi connectivity index (χ0v) is 23.1. The van der Waals surface area contributed by atoms with Crippen molar-refractivity contribution in [1.82, 2.24) is 19.6 Å². The molecule has 3 rings (SSSR count). The molecule has 2 aliphatic rings. The molecule has 9 heteroatoms. The molecule has 1 aromatic carbocycles. The van der Waals surface area contributed by atoms with Gasteiger partial charge in [-0.05, 0) is 57.4 Å². The van der Waals surface area contributed by atoms with Crippen molar-refractivity contribution in [3.8, 4) is 0 Å². The lowest BCUT2D eigenvalue weighted by molar-refractivity contribution is -0.133. The Morgan fingerprint density at radius 3 is 2.29 bits per heavy atom. The van der Waals surface area contributed by atoms with Crippen LogP contribution in [0.5, 0.6) is 0 Å². The third-order valence-corrected chi connectivity index (χ3v) is 6.41. The smallest absolute Gasteiger partial charge is 0.414 e. The highest BCUT2D eigenvalue weighted by Gasteiger charge is 2.42. The van der Waals surface area contributed by atoms with Crippen LogP contribution in [0.3, 0.4) is 0 Å². The fraction of sp³-hybridized carbons (Fsp3) is 0.448. The molecule has 1 aliphatic heterocycles. The van der Waals surface area contributed by atoms with Gasteiger partial charge in [-0.3, -0.25) is 19.3 Å². The molecule has 0 bridgehead atoms. The highest BCUT2D eigenvalue weighted by Crippen LogP contribution is 2.37. The van der Waals surface area contributed by atoms with Gasteiger partial charge >= 0.3 is 6.09 Å². The second-order valence-electron chi connectivity index (χ2n) is 10.3. The molecule has 1 atom stereocenters. The van der Waals surface area contributed by atoms with Gasteiger partial charge in [0, 0.05) is 39.2 Å². The van der Waals surface area contributed by atoms with Gasteiger partial charge < -0.3 is 19.4 Å². The average molecular weight is 523 g/mol. The molecule has 204 valence electrons. The highest BCUT2D eigenvalue weighted by atomic mass is 16.6. The van der Waals surface area contributed by atoms with Gasteiger partial charge in [-0.2, -0.15) is 0 Å². The van der Waals surface area contributed by atoms with E-state index in [1.165, 1.54) is 14.7 Å². The van der Waals surface area contributed by atoms with Gasteiger partial charge in [0.2, 0.25) is 11.8 Å². The summed E-state index contributed by atoms with van der Waals surface area (Å²) in [6.07, 6.45) is 6.43. The molecule has 0 aromatic heterocycles. The molecule has 1 saturated heterocycles. The first-order valence-corrected chi connectivity index (χ1v) is 12.8. The molecule has 38 heavy (non-hydrogen) atoms. The minimum atomic E-state index is -0.484. The minimum Gasteiger partial charge on any atom is -0.446 e. The standard InChI is InChI=1S/C29H38N4O5/c1-19(2)38-29(37)32-17-20(3)33(28(36)24-15-16-24)25(21(32)4)10-8-9-22-11-13-23(14-12-22)27(35)31(7)18-26(34)30(5)6/h8-14,19-20,24H,4,15-18H2,1-3,5-7H3/b9-8+,25-10+/t20-/m0/s1. The van der Waals surface area contributed by atoms with Crippen molar-refractivity contribution in [1.29, 1.82) is 0 Å². The maximum Gasteiger partial charge on any atom is 0.414 e. The van der Waals surface area contributed by atoms with Crippen molar-refractivity contribution in [2.24, 2.45) is 5.92 Å². The van der Waals surface area contributed by atoms with Crippen LogP contribution >= 0.6 is 0 Å². The summed E-state index contributed by atoms with van der Waals surface area (Å²) in [4.78, 5) is 56.4. The van der Waals surface area contributed by atoms with Gasteiger partial charge in [-0.1, -0.05) is 30.9 Å². The molecular formula is C29H38N4O5. The van der Waals surface area contributed by atoms with Gasteiger partial charge in [0.15, 0.2) is 0 Å². The van der Waals surface area contributed by atoms with E-state index in [-0.39, 0.29) is 42.3 Å². The number of amides is 4. The maximum absolute atomic E-state index is 13.1. The summed E-state index contributed by atoms with van der Waals surface area (Å²) >= 11 is 0. The molecule has 9 nitrogen and oxygen atoms in total. The van der Waals surface area contributed by atoms with Crippen molar-refractivity contribution in [3.63, 3.8) is 0 Å².